The summed E-state index contributed by atoms with van der Waals surface area (Å²) in [5.74, 6) is -0.186. The molecule has 1 aromatic carbocycles. The first kappa shape index (κ1) is 12.4. The van der Waals surface area contributed by atoms with Gasteiger partial charge in [0.1, 0.15) is 11.4 Å². The van der Waals surface area contributed by atoms with Gasteiger partial charge in [0, 0.05) is 5.39 Å². The second-order valence-electron chi connectivity index (χ2n) is 4.10. The van der Waals surface area contributed by atoms with Gasteiger partial charge in [-0.05, 0) is 18.6 Å². The van der Waals surface area contributed by atoms with Gasteiger partial charge in [0.2, 0.25) is 0 Å². The van der Waals surface area contributed by atoms with E-state index in [1.807, 2.05) is 31.2 Å². The van der Waals surface area contributed by atoms with E-state index in [-0.39, 0.29) is 5.82 Å². The van der Waals surface area contributed by atoms with Crippen molar-refractivity contribution in [2.24, 2.45) is 0 Å². The van der Waals surface area contributed by atoms with Crippen LogP contribution >= 0.6 is 0 Å². The van der Waals surface area contributed by atoms with Crippen LogP contribution in [-0.2, 0) is 4.74 Å². The highest BCUT2D eigenvalue weighted by Gasteiger charge is 2.13. The van der Waals surface area contributed by atoms with Gasteiger partial charge in [0.05, 0.1) is 12.1 Å². The second-order valence-corrected chi connectivity index (χ2v) is 4.10. The number of carbonyl (C=O) groups is 1. The molecule has 0 aliphatic rings. The third-order valence-electron chi connectivity index (χ3n) is 2.70. The molecule has 1 heterocycles. The van der Waals surface area contributed by atoms with E-state index in [9.17, 15) is 4.79 Å². The quantitative estimate of drug-likeness (QED) is 0.663. The zero-order valence-corrected chi connectivity index (χ0v) is 10.3. The lowest BCUT2D eigenvalue weighted by atomic mass is 10.1. The number of ether oxygens (including phenoxy) is 1. The number of nitrogen functional groups attached to an aromatic ring is 1. The summed E-state index contributed by atoms with van der Waals surface area (Å²) in [6.45, 7) is 2.46. The van der Waals surface area contributed by atoms with Crippen molar-refractivity contribution in [3.63, 3.8) is 0 Å². The van der Waals surface area contributed by atoms with Crippen molar-refractivity contribution in [1.82, 2.24) is 4.98 Å². The van der Waals surface area contributed by atoms with Crippen molar-refractivity contribution >= 4 is 22.7 Å². The summed E-state index contributed by atoms with van der Waals surface area (Å²) in [6, 6.07) is 9.26. The normalized spacial score (nSPS) is 10.5. The van der Waals surface area contributed by atoms with Crippen molar-refractivity contribution in [3.8, 4) is 0 Å². The Morgan fingerprint density at radius 1 is 1.39 bits per heavy atom. The zero-order valence-electron chi connectivity index (χ0n) is 10.3. The molecular formula is C14H16N2O2. The first-order valence-electron chi connectivity index (χ1n) is 6.04. The number of rotatable bonds is 4. The first-order valence-corrected chi connectivity index (χ1v) is 6.04. The molecule has 4 heteroatoms. The fourth-order valence-electron chi connectivity index (χ4n) is 1.68. The molecule has 0 bridgehead atoms. The number of benzene rings is 1. The summed E-state index contributed by atoms with van der Waals surface area (Å²) >= 11 is 0. The van der Waals surface area contributed by atoms with Gasteiger partial charge in [-0.3, -0.25) is 0 Å². The van der Waals surface area contributed by atoms with Crippen molar-refractivity contribution in [2.75, 3.05) is 12.3 Å². The van der Waals surface area contributed by atoms with Crippen LogP contribution in [0.1, 0.15) is 30.1 Å². The minimum atomic E-state index is -0.404. The Labute approximate surface area is 106 Å². The van der Waals surface area contributed by atoms with Crippen LogP contribution in [0.5, 0.6) is 0 Å². The SMILES string of the molecule is CCCCOC(=O)c1cc2ccccc2nc1N. The Bertz CT molecular complexity index is 567. The Morgan fingerprint density at radius 3 is 2.94 bits per heavy atom. The number of nitrogens with two attached hydrogens (primary N) is 1. The third kappa shape index (κ3) is 2.59. The number of unbranched alkanes of at least 4 members (excludes halogenated alkanes) is 1. The van der Waals surface area contributed by atoms with Crippen LogP contribution in [0.25, 0.3) is 10.9 Å². The van der Waals surface area contributed by atoms with Crippen LogP contribution in [0, 0.1) is 0 Å². The third-order valence-corrected chi connectivity index (χ3v) is 2.70. The maximum Gasteiger partial charge on any atom is 0.341 e. The molecule has 0 aliphatic carbocycles. The molecular weight excluding hydrogens is 228 g/mol. The molecule has 0 saturated carbocycles. The van der Waals surface area contributed by atoms with Crippen molar-refractivity contribution < 1.29 is 9.53 Å². The molecule has 2 N–H and O–H groups in total. The molecule has 0 unspecified atom stereocenters. The standard InChI is InChI=1S/C14H16N2O2/c1-2-3-8-18-14(17)11-9-10-6-4-5-7-12(10)16-13(11)15/h4-7,9H,2-3,8H2,1H3,(H2,15,16). The number of hydrogen-bond acceptors (Lipinski definition) is 4. The minimum absolute atomic E-state index is 0.218. The molecule has 1 aromatic heterocycles. The average molecular weight is 244 g/mol. The van der Waals surface area contributed by atoms with Crippen molar-refractivity contribution in [2.45, 2.75) is 19.8 Å². The summed E-state index contributed by atoms with van der Waals surface area (Å²) in [5, 5.41) is 0.883. The Morgan fingerprint density at radius 2 is 2.17 bits per heavy atom. The van der Waals surface area contributed by atoms with Crippen molar-refractivity contribution in [1.29, 1.82) is 0 Å². The average Bonchev–Trinajstić information content (AvgIpc) is 2.38. The second kappa shape index (κ2) is 5.49. The molecule has 18 heavy (non-hydrogen) atoms. The van der Waals surface area contributed by atoms with Crippen LogP contribution < -0.4 is 5.73 Å². The predicted octanol–water partition coefficient (Wildman–Crippen LogP) is 2.77. The van der Waals surface area contributed by atoms with Crippen LogP contribution in [0.3, 0.4) is 0 Å². The van der Waals surface area contributed by atoms with Gasteiger partial charge in [-0.25, -0.2) is 9.78 Å². The molecule has 0 spiro atoms. The van der Waals surface area contributed by atoms with E-state index >= 15 is 0 Å². The number of esters is 1. The maximum atomic E-state index is 11.8. The molecule has 4 nitrogen and oxygen atoms in total. The number of carbonyl (C=O) groups excluding carboxylic acids is 1. The summed E-state index contributed by atoms with van der Waals surface area (Å²) in [6.07, 6.45) is 1.84. The van der Waals surface area contributed by atoms with Gasteiger partial charge in [0.15, 0.2) is 0 Å². The van der Waals surface area contributed by atoms with E-state index in [1.54, 1.807) is 6.07 Å². The van der Waals surface area contributed by atoms with Crippen LogP contribution in [0.15, 0.2) is 30.3 Å². The fourth-order valence-corrected chi connectivity index (χ4v) is 1.68. The highest BCUT2D eigenvalue weighted by Crippen LogP contribution is 2.19. The number of anilines is 1. The Kier molecular flexibility index (Phi) is 3.77. The van der Waals surface area contributed by atoms with Gasteiger partial charge >= 0.3 is 5.97 Å². The zero-order chi connectivity index (χ0) is 13.0. The lowest BCUT2D eigenvalue weighted by molar-refractivity contribution is 0.0501. The molecule has 0 saturated heterocycles. The Balaban J connectivity index is 2.27. The summed E-state index contributed by atoms with van der Waals surface area (Å²) in [7, 11) is 0. The highest BCUT2D eigenvalue weighted by molar-refractivity contribution is 5.98. The summed E-state index contributed by atoms with van der Waals surface area (Å²) < 4.78 is 5.14. The lowest BCUT2D eigenvalue weighted by Crippen LogP contribution is -2.10. The van der Waals surface area contributed by atoms with Crippen molar-refractivity contribution in [3.05, 3.63) is 35.9 Å². The smallest absolute Gasteiger partial charge is 0.341 e. The van der Waals surface area contributed by atoms with E-state index in [0.717, 1.165) is 23.7 Å². The van der Waals surface area contributed by atoms with E-state index in [0.29, 0.717) is 12.2 Å². The maximum absolute atomic E-state index is 11.8. The van der Waals surface area contributed by atoms with Gasteiger partial charge in [-0.15, -0.1) is 0 Å². The topological polar surface area (TPSA) is 65.2 Å². The minimum Gasteiger partial charge on any atom is -0.462 e. The molecule has 0 fully saturated rings. The van der Waals surface area contributed by atoms with E-state index in [1.165, 1.54) is 0 Å². The predicted molar refractivity (Wildman–Crippen MR) is 71.3 cm³/mol. The van der Waals surface area contributed by atoms with Crippen LogP contribution in [0.2, 0.25) is 0 Å². The lowest BCUT2D eigenvalue weighted by Gasteiger charge is -2.07. The molecule has 0 radical (unpaired) electrons. The number of pyridine rings is 1. The number of nitrogens with zero attached hydrogens (tertiary/aromatic N) is 1. The van der Waals surface area contributed by atoms with Gasteiger partial charge in [-0.1, -0.05) is 31.5 Å². The Hall–Kier alpha value is -2.10. The first-order chi connectivity index (χ1) is 8.72. The molecule has 2 aromatic rings. The largest absolute Gasteiger partial charge is 0.462 e. The van der Waals surface area contributed by atoms with Gasteiger partial charge in [-0.2, -0.15) is 0 Å². The van der Waals surface area contributed by atoms with Gasteiger partial charge < -0.3 is 10.5 Å². The number of aromatic nitrogens is 1. The summed E-state index contributed by atoms with van der Waals surface area (Å²) in [5.41, 5.74) is 6.90. The van der Waals surface area contributed by atoms with E-state index < -0.39 is 5.97 Å². The molecule has 94 valence electrons. The number of hydrogen-bond donors (Lipinski definition) is 1. The number of fused-ring (bicyclic) bond motifs is 1. The van der Waals surface area contributed by atoms with Crippen LogP contribution in [-0.4, -0.2) is 17.6 Å². The van der Waals surface area contributed by atoms with Gasteiger partial charge in [0.25, 0.3) is 0 Å². The highest BCUT2D eigenvalue weighted by atomic mass is 16.5. The monoisotopic (exact) mass is 244 g/mol. The molecule has 0 amide bonds. The summed E-state index contributed by atoms with van der Waals surface area (Å²) in [4.78, 5) is 16.0. The number of para-hydroxylation sites is 1. The fraction of sp³-hybridized carbons (Fsp3) is 0.286. The molecule has 0 atom stereocenters. The van der Waals surface area contributed by atoms with E-state index in [2.05, 4.69) is 4.98 Å². The van der Waals surface area contributed by atoms with Crippen LogP contribution in [0.4, 0.5) is 5.82 Å². The van der Waals surface area contributed by atoms with E-state index in [4.69, 9.17) is 10.5 Å². The molecule has 2 rings (SSSR count). The molecule has 0 aliphatic heterocycles.